The summed E-state index contributed by atoms with van der Waals surface area (Å²) in [6, 6.07) is 3.62. The van der Waals surface area contributed by atoms with E-state index in [1.54, 1.807) is 12.4 Å². The fourth-order valence-electron chi connectivity index (χ4n) is 1.10. The van der Waals surface area contributed by atoms with Crippen LogP contribution in [0.5, 0.6) is 0 Å². The maximum atomic E-state index is 5.66. The molecule has 0 aliphatic carbocycles. The van der Waals surface area contributed by atoms with E-state index in [1.165, 1.54) is 0 Å². The maximum absolute atomic E-state index is 5.66. The zero-order valence-electron chi connectivity index (χ0n) is 7.81. The smallest absolute Gasteiger partial charge is 0.182 e. The van der Waals surface area contributed by atoms with Crippen molar-refractivity contribution in [3.8, 4) is 11.4 Å². The summed E-state index contributed by atoms with van der Waals surface area (Å²) < 4.78 is 0. The van der Waals surface area contributed by atoms with E-state index in [0.717, 1.165) is 5.56 Å². The molecule has 0 aromatic carbocycles. The molecule has 0 bridgehead atoms. The highest BCUT2D eigenvalue weighted by molar-refractivity contribution is 5.52. The summed E-state index contributed by atoms with van der Waals surface area (Å²) >= 11 is 0. The zero-order valence-corrected chi connectivity index (χ0v) is 7.81. The Labute approximate surface area is 81.4 Å². The van der Waals surface area contributed by atoms with Crippen molar-refractivity contribution in [2.75, 3.05) is 0 Å². The van der Waals surface area contributed by atoms with Crippen LogP contribution < -0.4 is 5.73 Å². The second-order valence-electron chi connectivity index (χ2n) is 3.07. The standard InChI is InChI=1S/C9H11N5/c1-6(10)8-12-9(14-13-8)7-3-2-4-11-5-7/h2-6H,10H2,1H3,(H,12,13,14). The van der Waals surface area contributed by atoms with Gasteiger partial charge in [0.1, 0.15) is 5.82 Å². The highest BCUT2D eigenvalue weighted by Crippen LogP contribution is 2.13. The lowest BCUT2D eigenvalue weighted by Crippen LogP contribution is -2.06. The summed E-state index contributed by atoms with van der Waals surface area (Å²) in [5.41, 5.74) is 6.54. The van der Waals surface area contributed by atoms with E-state index < -0.39 is 0 Å². The van der Waals surface area contributed by atoms with E-state index in [-0.39, 0.29) is 6.04 Å². The van der Waals surface area contributed by atoms with E-state index in [1.807, 2.05) is 19.1 Å². The lowest BCUT2D eigenvalue weighted by Gasteiger charge is -1.95. The number of aromatic nitrogens is 4. The van der Waals surface area contributed by atoms with Gasteiger partial charge in [0.05, 0.1) is 6.04 Å². The molecule has 14 heavy (non-hydrogen) atoms. The Morgan fingerprint density at radius 3 is 2.93 bits per heavy atom. The number of H-pyrrole nitrogens is 1. The van der Waals surface area contributed by atoms with Crippen LogP contribution in [0, 0.1) is 0 Å². The molecule has 5 nitrogen and oxygen atoms in total. The van der Waals surface area contributed by atoms with Crippen LogP contribution >= 0.6 is 0 Å². The van der Waals surface area contributed by atoms with Crippen LogP contribution in [0.25, 0.3) is 11.4 Å². The molecule has 2 aromatic heterocycles. The average Bonchev–Trinajstić information content (AvgIpc) is 2.68. The molecule has 0 aliphatic heterocycles. The summed E-state index contributed by atoms with van der Waals surface area (Å²) in [6.45, 7) is 1.85. The van der Waals surface area contributed by atoms with Crippen LogP contribution in [-0.2, 0) is 0 Å². The molecule has 0 saturated heterocycles. The maximum Gasteiger partial charge on any atom is 0.182 e. The molecule has 72 valence electrons. The Balaban J connectivity index is 2.34. The van der Waals surface area contributed by atoms with Crippen LogP contribution in [0.4, 0.5) is 0 Å². The number of nitrogens with two attached hydrogens (primary N) is 1. The Bertz CT molecular complexity index is 406. The van der Waals surface area contributed by atoms with Crippen LogP contribution in [0.15, 0.2) is 24.5 Å². The van der Waals surface area contributed by atoms with Crippen molar-refractivity contribution in [3.63, 3.8) is 0 Å². The first kappa shape index (κ1) is 8.83. The van der Waals surface area contributed by atoms with E-state index in [9.17, 15) is 0 Å². The van der Waals surface area contributed by atoms with Crippen molar-refractivity contribution >= 4 is 0 Å². The second-order valence-corrected chi connectivity index (χ2v) is 3.07. The Morgan fingerprint density at radius 2 is 2.36 bits per heavy atom. The van der Waals surface area contributed by atoms with E-state index in [0.29, 0.717) is 11.6 Å². The van der Waals surface area contributed by atoms with Crippen molar-refractivity contribution in [3.05, 3.63) is 30.4 Å². The largest absolute Gasteiger partial charge is 0.322 e. The topological polar surface area (TPSA) is 80.5 Å². The molecule has 0 spiro atoms. The molecule has 2 heterocycles. The molecule has 0 fully saturated rings. The van der Waals surface area contributed by atoms with Gasteiger partial charge in [0.15, 0.2) is 5.82 Å². The normalized spacial score (nSPS) is 12.7. The second kappa shape index (κ2) is 3.55. The highest BCUT2D eigenvalue weighted by Gasteiger charge is 2.07. The van der Waals surface area contributed by atoms with Crippen LogP contribution in [0.2, 0.25) is 0 Å². The molecular formula is C9H11N5. The molecule has 2 rings (SSSR count). The Hall–Kier alpha value is -1.75. The third-order valence-electron chi connectivity index (χ3n) is 1.85. The predicted molar refractivity (Wildman–Crippen MR) is 52.2 cm³/mol. The van der Waals surface area contributed by atoms with Gasteiger partial charge in [-0.3, -0.25) is 10.1 Å². The number of aromatic amines is 1. The molecular weight excluding hydrogens is 178 g/mol. The van der Waals surface area contributed by atoms with Gasteiger partial charge in [0.2, 0.25) is 0 Å². The van der Waals surface area contributed by atoms with Gasteiger partial charge < -0.3 is 5.73 Å². The van der Waals surface area contributed by atoms with Crippen LogP contribution in [-0.4, -0.2) is 20.2 Å². The van der Waals surface area contributed by atoms with E-state index >= 15 is 0 Å². The average molecular weight is 189 g/mol. The minimum absolute atomic E-state index is 0.132. The monoisotopic (exact) mass is 189 g/mol. The molecule has 1 atom stereocenters. The lowest BCUT2D eigenvalue weighted by atomic mass is 10.3. The molecule has 0 aliphatic rings. The first-order chi connectivity index (χ1) is 6.77. The van der Waals surface area contributed by atoms with Crippen molar-refractivity contribution in [2.45, 2.75) is 13.0 Å². The van der Waals surface area contributed by atoms with Crippen molar-refractivity contribution in [1.82, 2.24) is 20.2 Å². The van der Waals surface area contributed by atoms with E-state index in [2.05, 4.69) is 20.2 Å². The van der Waals surface area contributed by atoms with Gasteiger partial charge in [-0.15, -0.1) is 0 Å². The predicted octanol–water partition coefficient (Wildman–Crippen LogP) is 0.886. The first-order valence-corrected chi connectivity index (χ1v) is 4.35. The van der Waals surface area contributed by atoms with Gasteiger partial charge in [-0.1, -0.05) is 0 Å². The lowest BCUT2D eigenvalue weighted by molar-refractivity contribution is 0.745. The van der Waals surface area contributed by atoms with Crippen molar-refractivity contribution in [2.24, 2.45) is 5.73 Å². The minimum Gasteiger partial charge on any atom is -0.322 e. The quantitative estimate of drug-likeness (QED) is 0.735. The molecule has 1 unspecified atom stereocenters. The summed E-state index contributed by atoms with van der Waals surface area (Å²) in [7, 11) is 0. The number of nitrogens with zero attached hydrogens (tertiary/aromatic N) is 3. The molecule has 0 saturated carbocycles. The van der Waals surface area contributed by atoms with Gasteiger partial charge in [0.25, 0.3) is 0 Å². The van der Waals surface area contributed by atoms with Crippen LogP contribution in [0.3, 0.4) is 0 Å². The zero-order chi connectivity index (χ0) is 9.97. The third kappa shape index (κ3) is 1.62. The molecule has 3 N–H and O–H groups in total. The van der Waals surface area contributed by atoms with Crippen LogP contribution in [0.1, 0.15) is 18.8 Å². The van der Waals surface area contributed by atoms with Crippen molar-refractivity contribution < 1.29 is 0 Å². The number of pyridine rings is 1. The Morgan fingerprint density at radius 1 is 1.50 bits per heavy atom. The molecule has 0 amide bonds. The summed E-state index contributed by atoms with van der Waals surface area (Å²) in [4.78, 5) is 8.24. The number of rotatable bonds is 2. The fourth-order valence-corrected chi connectivity index (χ4v) is 1.10. The number of hydrogen-bond acceptors (Lipinski definition) is 4. The van der Waals surface area contributed by atoms with Gasteiger partial charge in [-0.2, -0.15) is 5.10 Å². The minimum atomic E-state index is -0.132. The summed E-state index contributed by atoms with van der Waals surface area (Å²) in [6.07, 6.45) is 3.43. The molecule has 2 aromatic rings. The van der Waals surface area contributed by atoms with Crippen molar-refractivity contribution in [1.29, 1.82) is 0 Å². The Kier molecular flexibility index (Phi) is 2.24. The number of hydrogen-bond donors (Lipinski definition) is 2. The SMILES string of the molecule is CC(N)c1nc(-c2cccnc2)n[nH]1. The fraction of sp³-hybridized carbons (Fsp3) is 0.222. The molecule has 0 radical (unpaired) electrons. The number of nitrogens with one attached hydrogen (secondary N) is 1. The third-order valence-corrected chi connectivity index (χ3v) is 1.85. The molecule has 5 heteroatoms. The first-order valence-electron chi connectivity index (χ1n) is 4.35. The highest BCUT2D eigenvalue weighted by atomic mass is 15.2. The van der Waals surface area contributed by atoms with Gasteiger partial charge >= 0.3 is 0 Å². The summed E-state index contributed by atoms with van der Waals surface area (Å²) in [5, 5.41) is 6.84. The summed E-state index contributed by atoms with van der Waals surface area (Å²) in [5.74, 6) is 1.31. The van der Waals surface area contributed by atoms with E-state index in [4.69, 9.17) is 5.73 Å². The van der Waals surface area contributed by atoms with Gasteiger partial charge in [-0.25, -0.2) is 4.98 Å². The van der Waals surface area contributed by atoms with Gasteiger partial charge in [0, 0.05) is 18.0 Å². The van der Waals surface area contributed by atoms with Gasteiger partial charge in [-0.05, 0) is 19.1 Å².